The normalized spacial score (nSPS) is 26.3. The van der Waals surface area contributed by atoms with Crippen molar-refractivity contribution in [3.63, 3.8) is 0 Å². The van der Waals surface area contributed by atoms with E-state index >= 15 is 0 Å². The first-order chi connectivity index (χ1) is 11.6. The molecule has 0 spiro atoms. The van der Waals surface area contributed by atoms with Crippen molar-refractivity contribution < 1.29 is 23.6 Å². The van der Waals surface area contributed by atoms with E-state index in [4.69, 9.17) is 8.94 Å². The van der Waals surface area contributed by atoms with Crippen LogP contribution in [0.3, 0.4) is 0 Å². The molecule has 0 unspecified atom stereocenters. The van der Waals surface area contributed by atoms with Crippen LogP contribution < -0.4 is 0 Å². The van der Waals surface area contributed by atoms with Gasteiger partial charge < -0.3 is 18.9 Å². The van der Waals surface area contributed by atoms with Crippen LogP contribution in [0.15, 0.2) is 33.4 Å². The predicted molar refractivity (Wildman–Crippen MR) is 82.2 cm³/mol. The number of rotatable bonds is 3. The third kappa shape index (κ3) is 2.40. The van der Waals surface area contributed by atoms with Gasteiger partial charge in [-0.2, -0.15) is 0 Å². The van der Waals surface area contributed by atoms with E-state index in [0.717, 1.165) is 25.7 Å². The van der Waals surface area contributed by atoms with E-state index < -0.39 is 12.0 Å². The van der Waals surface area contributed by atoms with Gasteiger partial charge in [0.05, 0.1) is 6.26 Å². The number of carbonyl (C=O) groups is 2. The van der Waals surface area contributed by atoms with Crippen LogP contribution in [0, 0.1) is 5.92 Å². The number of amides is 1. The smallest absolute Gasteiger partial charge is 0.326 e. The average Bonchev–Trinajstić information content (AvgIpc) is 3.31. The minimum Gasteiger partial charge on any atom is -0.480 e. The summed E-state index contributed by atoms with van der Waals surface area (Å²) in [7, 11) is 0. The highest BCUT2D eigenvalue weighted by molar-refractivity contribution is 5.96. The van der Waals surface area contributed by atoms with Crippen LogP contribution in [0.4, 0.5) is 0 Å². The lowest BCUT2D eigenvalue weighted by molar-refractivity contribution is -0.141. The Balaban J connectivity index is 1.63. The van der Waals surface area contributed by atoms with Gasteiger partial charge in [0, 0.05) is 12.1 Å². The molecule has 0 bridgehead atoms. The van der Waals surface area contributed by atoms with Gasteiger partial charge in [-0.15, -0.1) is 0 Å². The molecule has 3 heterocycles. The minimum atomic E-state index is -0.951. The molecule has 1 N–H and O–H groups in total. The number of fused-ring (bicyclic) bond motifs is 1. The second-order valence-corrected chi connectivity index (χ2v) is 6.47. The number of hydrogen-bond donors (Lipinski definition) is 1. The number of nitrogens with zero attached hydrogens (tertiary/aromatic N) is 2. The standard InChI is InChI=1S/C17H18N2O5/c20-16(11-9-15(24-18-11)14-6-3-7-23-14)19-12-5-2-1-4-10(12)8-13(19)17(21)22/h3,6-7,9-10,12-13H,1-2,4-5,8H2,(H,21,22)/t10-,12+,13-/m0/s1. The van der Waals surface area contributed by atoms with Crippen LogP contribution in [0.2, 0.25) is 0 Å². The van der Waals surface area contributed by atoms with E-state index in [1.54, 1.807) is 12.1 Å². The zero-order valence-electron chi connectivity index (χ0n) is 13.1. The fourth-order valence-corrected chi connectivity index (χ4v) is 4.02. The highest BCUT2D eigenvalue weighted by Crippen LogP contribution is 2.40. The van der Waals surface area contributed by atoms with E-state index in [-0.39, 0.29) is 23.6 Å². The Labute approximate surface area is 138 Å². The number of aliphatic carboxylic acids is 1. The third-order valence-electron chi connectivity index (χ3n) is 5.10. The second-order valence-electron chi connectivity index (χ2n) is 6.47. The van der Waals surface area contributed by atoms with Gasteiger partial charge in [-0.3, -0.25) is 4.79 Å². The van der Waals surface area contributed by atoms with Crippen molar-refractivity contribution >= 4 is 11.9 Å². The van der Waals surface area contributed by atoms with Crippen molar-refractivity contribution in [2.75, 3.05) is 0 Å². The first kappa shape index (κ1) is 15.0. The third-order valence-corrected chi connectivity index (χ3v) is 5.10. The maximum absolute atomic E-state index is 12.9. The molecular formula is C17H18N2O5. The van der Waals surface area contributed by atoms with Crippen molar-refractivity contribution in [1.82, 2.24) is 10.1 Å². The van der Waals surface area contributed by atoms with Crippen molar-refractivity contribution in [3.05, 3.63) is 30.2 Å². The highest BCUT2D eigenvalue weighted by atomic mass is 16.5. The summed E-state index contributed by atoms with van der Waals surface area (Å²) in [4.78, 5) is 26.0. The van der Waals surface area contributed by atoms with E-state index in [1.807, 2.05) is 0 Å². The Morgan fingerprint density at radius 1 is 1.25 bits per heavy atom. The lowest BCUT2D eigenvalue weighted by atomic mass is 9.84. The molecule has 2 aromatic rings. The van der Waals surface area contributed by atoms with Gasteiger partial charge in [-0.25, -0.2) is 4.79 Å². The number of aromatic nitrogens is 1. The number of carbonyl (C=O) groups excluding carboxylic acids is 1. The van der Waals surface area contributed by atoms with Gasteiger partial charge in [-0.1, -0.05) is 18.0 Å². The summed E-state index contributed by atoms with van der Waals surface area (Å²) in [5, 5.41) is 13.4. The Bertz CT molecular complexity index is 751. The van der Waals surface area contributed by atoms with Gasteiger partial charge in [0.1, 0.15) is 6.04 Å². The molecule has 2 aliphatic rings. The molecule has 0 aromatic carbocycles. The highest BCUT2D eigenvalue weighted by Gasteiger charge is 2.48. The number of hydrogen-bond acceptors (Lipinski definition) is 5. The summed E-state index contributed by atoms with van der Waals surface area (Å²) >= 11 is 0. The van der Waals surface area contributed by atoms with Crippen LogP contribution in [0.1, 0.15) is 42.6 Å². The molecule has 4 rings (SSSR count). The van der Waals surface area contributed by atoms with E-state index in [0.29, 0.717) is 17.9 Å². The summed E-state index contributed by atoms with van der Waals surface area (Å²) < 4.78 is 10.4. The largest absolute Gasteiger partial charge is 0.480 e. The summed E-state index contributed by atoms with van der Waals surface area (Å²) in [6.07, 6.45) is 5.98. The molecule has 1 aliphatic heterocycles. The van der Waals surface area contributed by atoms with Crippen molar-refractivity contribution in [2.45, 2.75) is 44.2 Å². The van der Waals surface area contributed by atoms with Crippen molar-refractivity contribution in [1.29, 1.82) is 0 Å². The topological polar surface area (TPSA) is 96.8 Å². The monoisotopic (exact) mass is 330 g/mol. The minimum absolute atomic E-state index is 0.0175. The molecule has 7 nitrogen and oxygen atoms in total. The van der Waals surface area contributed by atoms with Crippen molar-refractivity contribution in [3.8, 4) is 11.5 Å². The lowest BCUT2D eigenvalue weighted by Gasteiger charge is -2.32. The summed E-state index contributed by atoms with van der Waals surface area (Å²) in [6.45, 7) is 0. The maximum atomic E-state index is 12.9. The molecule has 1 aliphatic carbocycles. The Kier molecular flexibility index (Phi) is 3.63. The molecule has 3 atom stereocenters. The molecule has 1 amide bonds. The quantitative estimate of drug-likeness (QED) is 0.929. The van der Waals surface area contributed by atoms with Gasteiger partial charge >= 0.3 is 5.97 Å². The van der Waals surface area contributed by atoms with E-state index in [2.05, 4.69) is 5.16 Å². The first-order valence-electron chi connectivity index (χ1n) is 8.21. The Hall–Kier alpha value is -2.57. The van der Waals surface area contributed by atoms with E-state index in [9.17, 15) is 14.7 Å². The Morgan fingerprint density at radius 3 is 2.83 bits per heavy atom. The van der Waals surface area contributed by atoms with Gasteiger partial charge in [0.15, 0.2) is 11.5 Å². The predicted octanol–water partition coefficient (Wildman–Crippen LogP) is 2.79. The van der Waals surface area contributed by atoms with E-state index in [1.165, 1.54) is 17.2 Å². The molecule has 24 heavy (non-hydrogen) atoms. The number of carboxylic acid groups (broad SMARTS) is 1. The number of furan rings is 1. The molecule has 126 valence electrons. The molecule has 0 radical (unpaired) electrons. The zero-order valence-corrected chi connectivity index (χ0v) is 13.1. The summed E-state index contributed by atoms with van der Waals surface area (Å²) in [6, 6.07) is 4.14. The Morgan fingerprint density at radius 2 is 2.08 bits per heavy atom. The summed E-state index contributed by atoms with van der Waals surface area (Å²) in [5.74, 6) is -0.228. The van der Waals surface area contributed by atoms with Crippen molar-refractivity contribution in [2.24, 2.45) is 5.92 Å². The molecule has 1 saturated carbocycles. The fraction of sp³-hybridized carbons (Fsp3) is 0.471. The number of likely N-dealkylation sites (tertiary alicyclic amines) is 1. The van der Waals surface area contributed by atoms with Gasteiger partial charge in [0.25, 0.3) is 5.91 Å². The molecular weight excluding hydrogens is 312 g/mol. The van der Waals surface area contributed by atoms with Gasteiger partial charge in [-0.05, 0) is 37.3 Å². The van der Waals surface area contributed by atoms with Crippen LogP contribution in [0.25, 0.3) is 11.5 Å². The van der Waals surface area contributed by atoms with Crippen LogP contribution >= 0.6 is 0 Å². The molecule has 2 aromatic heterocycles. The van der Waals surface area contributed by atoms with Crippen LogP contribution in [-0.4, -0.2) is 39.1 Å². The van der Waals surface area contributed by atoms with Crippen LogP contribution in [-0.2, 0) is 4.79 Å². The fourth-order valence-electron chi connectivity index (χ4n) is 4.02. The van der Waals surface area contributed by atoms with Gasteiger partial charge in [0.2, 0.25) is 5.76 Å². The summed E-state index contributed by atoms with van der Waals surface area (Å²) in [5.41, 5.74) is 0.124. The first-order valence-corrected chi connectivity index (χ1v) is 8.21. The lowest BCUT2D eigenvalue weighted by Crippen LogP contribution is -2.46. The second kappa shape index (κ2) is 5.81. The zero-order chi connectivity index (χ0) is 16.7. The SMILES string of the molecule is O=C(O)[C@@H]1C[C@@H]2CCCC[C@H]2N1C(=O)c1cc(-c2ccco2)on1. The maximum Gasteiger partial charge on any atom is 0.326 e. The molecule has 7 heteroatoms. The molecule has 1 saturated heterocycles. The van der Waals surface area contributed by atoms with Crippen LogP contribution in [0.5, 0.6) is 0 Å². The number of carboxylic acids is 1. The average molecular weight is 330 g/mol. The molecule has 2 fully saturated rings.